The number of carbonyl (C=O) groups excluding carboxylic acids is 1. The van der Waals surface area contributed by atoms with Gasteiger partial charge in [0.05, 0.1) is 15.6 Å². The maximum Gasteiger partial charge on any atom is 0.220 e. The van der Waals surface area contributed by atoms with Gasteiger partial charge in [-0.05, 0) is 36.8 Å². The van der Waals surface area contributed by atoms with Crippen molar-refractivity contribution in [2.75, 3.05) is 12.3 Å². The summed E-state index contributed by atoms with van der Waals surface area (Å²) in [5, 5.41) is 5.14. The van der Waals surface area contributed by atoms with Gasteiger partial charge in [-0.15, -0.1) is 0 Å². The standard InChI is InChI=1S/C14H16Cl2N2OS/c1-8-9(4-6-17-12(19)5-7-20)13-10(15)2-3-11(16)14(13)18-8/h2-3,18,20H,4-7H2,1H3,(H,17,19). The zero-order chi connectivity index (χ0) is 14.7. The molecule has 0 bridgehead atoms. The van der Waals surface area contributed by atoms with E-state index in [9.17, 15) is 4.79 Å². The number of nitrogens with one attached hydrogen (secondary N) is 2. The summed E-state index contributed by atoms with van der Waals surface area (Å²) in [6.45, 7) is 2.56. The van der Waals surface area contributed by atoms with E-state index < -0.39 is 0 Å². The Morgan fingerprint density at radius 3 is 2.75 bits per heavy atom. The van der Waals surface area contributed by atoms with Crippen LogP contribution in [0.5, 0.6) is 0 Å². The monoisotopic (exact) mass is 330 g/mol. The van der Waals surface area contributed by atoms with Gasteiger partial charge in [-0.3, -0.25) is 4.79 Å². The molecule has 0 aliphatic heterocycles. The Bertz CT molecular complexity index is 640. The number of aromatic amines is 1. The number of carbonyl (C=O) groups is 1. The van der Waals surface area contributed by atoms with Crippen molar-refractivity contribution in [2.24, 2.45) is 0 Å². The zero-order valence-electron chi connectivity index (χ0n) is 11.1. The van der Waals surface area contributed by atoms with Crippen molar-refractivity contribution in [3.8, 4) is 0 Å². The maximum absolute atomic E-state index is 11.4. The van der Waals surface area contributed by atoms with Crippen LogP contribution in [0.15, 0.2) is 12.1 Å². The van der Waals surface area contributed by atoms with E-state index in [2.05, 4.69) is 22.9 Å². The number of rotatable bonds is 5. The molecule has 108 valence electrons. The molecule has 2 N–H and O–H groups in total. The quantitative estimate of drug-likeness (QED) is 0.718. The van der Waals surface area contributed by atoms with Crippen LogP contribution in [0, 0.1) is 6.92 Å². The molecule has 0 saturated carbocycles. The first-order valence-electron chi connectivity index (χ1n) is 6.37. The van der Waals surface area contributed by atoms with Crippen molar-refractivity contribution in [3.05, 3.63) is 33.4 Å². The van der Waals surface area contributed by atoms with Crippen LogP contribution in [0.4, 0.5) is 0 Å². The van der Waals surface area contributed by atoms with Gasteiger partial charge in [0.1, 0.15) is 0 Å². The Labute approximate surface area is 133 Å². The maximum atomic E-state index is 11.4. The highest BCUT2D eigenvalue weighted by molar-refractivity contribution is 7.80. The van der Waals surface area contributed by atoms with Gasteiger partial charge in [0.2, 0.25) is 5.91 Å². The summed E-state index contributed by atoms with van der Waals surface area (Å²) in [7, 11) is 0. The Kier molecular flexibility index (Phi) is 5.24. The van der Waals surface area contributed by atoms with Crippen LogP contribution in [0.3, 0.4) is 0 Å². The van der Waals surface area contributed by atoms with Gasteiger partial charge in [0.25, 0.3) is 0 Å². The summed E-state index contributed by atoms with van der Waals surface area (Å²) in [4.78, 5) is 14.7. The van der Waals surface area contributed by atoms with Crippen LogP contribution in [0.25, 0.3) is 10.9 Å². The highest BCUT2D eigenvalue weighted by atomic mass is 35.5. The van der Waals surface area contributed by atoms with E-state index in [1.165, 1.54) is 0 Å². The molecule has 0 radical (unpaired) electrons. The first-order valence-corrected chi connectivity index (χ1v) is 7.76. The van der Waals surface area contributed by atoms with Gasteiger partial charge in [0.15, 0.2) is 0 Å². The molecule has 2 aromatic rings. The Morgan fingerprint density at radius 1 is 1.35 bits per heavy atom. The van der Waals surface area contributed by atoms with Crippen LogP contribution in [-0.2, 0) is 11.2 Å². The molecule has 0 spiro atoms. The minimum absolute atomic E-state index is 0.0154. The number of amides is 1. The molecule has 3 nitrogen and oxygen atoms in total. The molecule has 6 heteroatoms. The van der Waals surface area contributed by atoms with Crippen LogP contribution in [0.1, 0.15) is 17.7 Å². The molecule has 0 unspecified atom stereocenters. The fourth-order valence-electron chi connectivity index (χ4n) is 2.25. The van der Waals surface area contributed by atoms with Gasteiger partial charge in [-0.2, -0.15) is 12.6 Å². The molecule has 1 aromatic heterocycles. The third-order valence-corrected chi connectivity index (χ3v) is 4.06. The minimum atomic E-state index is 0.0154. The molecule has 20 heavy (non-hydrogen) atoms. The van der Waals surface area contributed by atoms with E-state index >= 15 is 0 Å². The smallest absolute Gasteiger partial charge is 0.220 e. The highest BCUT2D eigenvalue weighted by Crippen LogP contribution is 2.33. The van der Waals surface area contributed by atoms with Crippen LogP contribution < -0.4 is 5.32 Å². The molecular weight excluding hydrogens is 315 g/mol. The second kappa shape index (κ2) is 6.74. The lowest BCUT2D eigenvalue weighted by atomic mass is 10.1. The topological polar surface area (TPSA) is 44.9 Å². The molecule has 1 amide bonds. The predicted molar refractivity (Wildman–Crippen MR) is 88.2 cm³/mol. The number of hydrogen-bond acceptors (Lipinski definition) is 2. The first kappa shape index (κ1) is 15.5. The van der Waals surface area contributed by atoms with Crippen molar-refractivity contribution in [1.82, 2.24) is 10.3 Å². The second-order valence-corrected chi connectivity index (χ2v) is 5.84. The third kappa shape index (κ3) is 3.25. The zero-order valence-corrected chi connectivity index (χ0v) is 13.5. The van der Waals surface area contributed by atoms with Crippen molar-refractivity contribution in [1.29, 1.82) is 0 Å². The fourth-order valence-corrected chi connectivity index (χ4v) is 2.93. The number of halogens is 2. The van der Waals surface area contributed by atoms with Gasteiger partial charge >= 0.3 is 0 Å². The average molecular weight is 331 g/mol. The molecule has 2 rings (SSSR count). The van der Waals surface area contributed by atoms with Crippen LogP contribution in [0.2, 0.25) is 10.0 Å². The van der Waals surface area contributed by atoms with E-state index in [1.807, 2.05) is 6.92 Å². The fraction of sp³-hybridized carbons (Fsp3) is 0.357. The minimum Gasteiger partial charge on any atom is -0.357 e. The number of fused-ring (bicyclic) bond motifs is 1. The third-order valence-electron chi connectivity index (χ3n) is 3.21. The summed E-state index contributed by atoms with van der Waals surface area (Å²) >= 11 is 16.5. The number of aryl methyl sites for hydroxylation is 1. The number of benzene rings is 1. The highest BCUT2D eigenvalue weighted by Gasteiger charge is 2.14. The lowest BCUT2D eigenvalue weighted by molar-refractivity contribution is -0.120. The Morgan fingerprint density at radius 2 is 2.05 bits per heavy atom. The second-order valence-electron chi connectivity index (χ2n) is 4.58. The summed E-state index contributed by atoms with van der Waals surface area (Å²) in [5.41, 5.74) is 2.98. The molecule has 0 aliphatic rings. The molecule has 0 fully saturated rings. The van der Waals surface area contributed by atoms with E-state index in [0.29, 0.717) is 35.2 Å². The number of thiol groups is 1. The molecular formula is C14H16Cl2N2OS. The normalized spacial score (nSPS) is 11.0. The molecule has 0 saturated heterocycles. The lowest BCUT2D eigenvalue weighted by Crippen LogP contribution is -2.25. The molecule has 1 heterocycles. The SMILES string of the molecule is Cc1[nH]c2c(Cl)ccc(Cl)c2c1CCNC(=O)CCS. The average Bonchev–Trinajstić information content (AvgIpc) is 2.73. The van der Waals surface area contributed by atoms with E-state index in [0.717, 1.165) is 22.2 Å². The summed E-state index contributed by atoms with van der Waals surface area (Å²) < 4.78 is 0. The van der Waals surface area contributed by atoms with Crippen LogP contribution >= 0.6 is 35.8 Å². The van der Waals surface area contributed by atoms with Gasteiger partial charge in [-0.25, -0.2) is 0 Å². The lowest BCUT2D eigenvalue weighted by Gasteiger charge is -2.05. The van der Waals surface area contributed by atoms with Gasteiger partial charge < -0.3 is 10.3 Å². The molecule has 1 aromatic carbocycles. The van der Waals surface area contributed by atoms with Gasteiger partial charge in [0, 0.05) is 24.0 Å². The van der Waals surface area contributed by atoms with Gasteiger partial charge in [-0.1, -0.05) is 23.2 Å². The van der Waals surface area contributed by atoms with Crippen molar-refractivity contribution < 1.29 is 4.79 Å². The predicted octanol–water partition coefficient (Wildman–Crippen LogP) is 3.76. The number of H-pyrrole nitrogens is 1. The summed E-state index contributed by atoms with van der Waals surface area (Å²) in [6, 6.07) is 3.57. The van der Waals surface area contributed by atoms with E-state index in [1.54, 1.807) is 12.1 Å². The van der Waals surface area contributed by atoms with Crippen LogP contribution in [-0.4, -0.2) is 23.2 Å². The van der Waals surface area contributed by atoms with E-state index in [4.69, 9.17) is 23.2 Å². The van der Waals surface area contributed by atoms with Crippen molar-refractivity contribution in [3.63, 3.8) is 0 Å². The first-order chi connectivity index (χ1) is 9.54. The van der Waals surface area contributed by atoms with Crippen molar-refractivity contribution in [2.45, 2.75) is 19.8 Å². The molecule has 0 atom stereocenters. The molecule has 0 aliphatic carbocycles. The largest absolute Gasteiger partial charge is 0.357 e. The summed E-state index contributed by atoms with van der Waals surface area (Å²) in [5.74, 6) is 0.570. The Hall–Kier alpha value is -0.840. The van der Waals surface area contributed by atoms with E-state index in [-0.39, 0.29) is 5.91 Å². The van der Waals surface area contributed by atoms with Crippen molar-refractivity contribution >= 4 is 52.6 Å². The number of aromatic nitrogens is 1. The Balaban J connectivity index is 2.20. The number of hydrogen-bond donors (Lipinski definition) is 3. The summed E-state index contributed by atoms with van der Waals surface area (Å²) in [6.07, 6.45) is 1.15.